The lowest BCUT2D eigenvalue weighted by Crippen LogP contribution is -2.36. The molecule has 1 aliphatic heterocycles. The van der Waals surface area contributed by atoms with Crippen molar-refractivity contribution in [2.24, 2.45) is 5.41 Å². The molecule has 0 radical (unpaired) electrons. The summed E-state index contributed by atoms with van der Waals surface area (Å²) in [4.78, 5) is 18.2. The van der Waals surface area contributed by atoms with Gasteiger partial charge in [-0.25, -0.2) is 0 Å². The third-order valence-corrected chi connectivity index (χ3v) is 5.79. The highest BCUT2D eigenvalue weighted by Crippen LogP contribution is 2.45. The number of Topliss-reactive ketones (excluding diaryl/α,β-unsaturated/α-hetero) is 1. The maximum atomic E-state index is 12.6. The number of hydrogen-bond donors (Lipinski definition) is 0. The molecule has 0 spiro atoms. The number of ketones is 1. The number of thiophene rings is 1. The number of nitrogens with zero attached hydrogens (tertiary/aromatic N) is 2. The van der Waals surface area contributed by atoms with Gasteiger partial charge >= 0.3 is 0 Å². The van der Waals surface area contributed by atoms with Gasteiger partial charge in [0.1, 0.15) is 0 Å². The number of hydrogen-bond acceptors (Lipinski definition) is 5. The van der Waals surface area contributed by atoms with Gasteiger partial charge < -0.3 is 14.5 Å². The Morgan fingerprint density at radius 3 is 2.55 bits per heavy atom. The van der Waals surface area contributed by atoms with Crippen LogP contribution in [0.3, 0.4) is 0 Å². The molecule has 2 heterocycles. The predicted molar refractivity (Wildman–Crippen MR) is 91.2 cm³/mol. The van der Waals surface area contributed by atoms with E-state index in [-0.39, 0.29) is 5.41 Å². The lowest BCUT2D eigenvalue weighted by molar-refractivity contribution is 0.0917. The molecule has 1 aromatic heterocycles. The first-order valence-electron chi connectivity index (χ1n) is 8.02. The first-order valence-corrected chi connectivity index (χ1v) is 8.84. The lowest BCUT2D eigenvalue weighted by atomic mass is 9.75. The van der Waals surface area contributed by atoms with Crippen molar-refractivity contribution < 1.29 is 9.53 Å². The summed E-state index contributed by atoms with van der Waals surface area (Å²) < 4.78 is 5.48. The van der Waals surface area contributed by atoms with Crippen LogP contribution in [0.25, 0.3) is 0 Å². The molecule has 0 aromatic carbocycles. The number of morpholine rings is 1. The van der Waals surface area contributed by atoms with Gasteiger partial charge in [-0.3, -0.25) is 4.79 Å². The number of carbonyl (C=O) groups excluding carboxylic acids is 1. The molecular formula is C17H26N2O2S. The number of anilines is 1. The van der Waals surface area contributed by atoms with Crippen molar-refractivity contribution in [3.63, 3.8) is 0 Å². The molecule has 3 rings (SSSR count). The minimum absolute atomic E-state index is 0.0779. The number of rotatable bonds is 3. The van der Waals surface area contributed by atoms with Crippen molar-refractivity contribution >= 4 is 22.1 Å². The Morgan fingerprint density at radius 1 is 1.23 bits per heavy atom. The lowest BCUT2D eigenvalue weighted by Gasteiger charge is -2.31. The van der Waals surface area contributed by atoms with Gasteiger partial charge in [-0.15, -0.1) is 11.3 Å². The average molecular weight is 322 g/mol. The highest BCUT2D eigenvalue weighted by Gasteiger charge is 2.36. The van der Waals surface area contributed by atoms with Gasteiger partial charge in [-0.1, -0.05) is 13.8 Å². The van der Waals surface area contributed by atoms with Crippen LogP contribution >= 0.6 is 11.3 Å². The van der Waals surface area contributed by atoms with E-state index in [1.165, 1.54) is 16.1 Å². The SMILES string of the molecule is CN(C)Cc1c(N2CCOCC2)sc2c1CC(C)(C)CC2=O. The van der Waals surface area contributed by atoms with Crippen LogP contribution in [-0.4, -0.2) is 51.1 Å². The summed E-state index contributed by atoms with van der Waals surface area (Å²) in [5.74, 6) is 0.329. The molecule has 0 amide bonds. The Morgan fingerprint density at radius 2 is 1.91 bits per heavy atom. The summed E-state index contributed by atoms with van der Waals surface area (Å²) in [6.07, 6.45) is 1.68. The first-order chi connectivity index (χ1) is 10.4. The van der Waals surface area contributed by atoms with E-state index in [1.54, 1.807) is 11.3 Å². The minimum Gasteiger partial charge on any atom is -0.378 e. The predicted octanol–water partition coefficient (Wildman–Crippen LogP) is 2.80. The molecule has 0 N–H and O–H groups in total. The summed E-state index contributed by atoms with van der Waals surface area (Å²) in [5.41, 5.74) is 2.75. The summed E-state index contributed by atoms with van der Waals surface area (Å²) >= 11 is 1.71. The highest BCUT2D eigenvalue weighted by molar-refractivity contribution is 7.18. The van der Waals surface area contributed by atoms with Gasteiger partial charge in [0.05, 0.1) is 23.1 Å². The van der Waals surface area contributed by atoms with Crippen LogP contribution in [-0.2, 0) is 17.7 Å². The van der Waals surface area contributed by atoms with Gasteiger partial charge in [-0.05, 0) is 31.5 Å². The van der Waals surface area contributed by atoms with Gasteiger partial charge in [0.25, 0.3) is 0 Å². The largest absolute Gasteiger partial charge is 0.378 e. The van der Waals surface area contributed by atoms with Gasteiger partial charge in [0, 0.05) is 31.6 Å². The topological polar surface area (TPSA) is 32.8 Å². The van der Waals surface area contributed by atoms with Crippen LogP contribution < -0.4 is 4.90 Å². The van der Waals surface area contributed by atoms with Gasteiger partial charge in [0.2, 0.25) is 0 Å². The zero-order chi connectivity index (χ0) is 15.9. The third kappa shape index (κ3) is 3.07. The van der Waals surface area contributed by atoms with Crippen LogP contribution in [0.1, 0.15) is 41.1 Å². The highest BCUT2D eigenvalue weighted by atomic mass is 32.1. The Hall–Kier alpha value is -0.910. The molecule has 22 heavy (non-hydrogen) atoms. The third-order valence-electron chi connectivity index (χ3n) is 4.42. The van der Waals surface area contributed by atoms with Crippen molar-refractivity contribution in [3.8, 4) is 0 Å². The molecule has 122 valence electrons. The van der Waals surface area contributed by atoms with Crippen LogP contribution in [0.4, 0.5) is 5.00 Å². The van der Waals surface area contributed by atoms with E-state index >= 15 is 0 Å². The fourth-order valence-electron chi connectivity index (χ4n) is 3.46. The second-order valence-electron chi connectivity index (χ2n) is 7.47. The van der Waals surface area contributed by atoms with E-state index in [2.05, 4.69) is 37.7 Å². The Bertz CT molecular complexity index is 571. The molecular weight excluding hydrogens is 296 g/mol. The van der Waals surface area contributed by atoms with Gasteiger partial charge in [0.15, 0.2) is 5.78 Å². The van der Waals surface area contributed by atoms with Crippen LogP contribution in [0.2, 0.25) is 0 Å². The summed E-state index contributed by atoms with van der Waals surface area (Å²) in [6.45, 7) is 8.74. The zero-order valence-electron chi connectivity index (χ0n) is 14.1. The molecule has 1 aliphatic carbocycles. The van der Waals surface area contributed by atoms with Crippen LogP contribution in [0, 0.1) is 5.41 Å². The normalized spacial score (nSPS) is 21.3. The fraction of sp³-hybridized carbons (Fsp3) is 0.706. The molecule has 4 nitrogen and oxygen atoms in total. The maximum Gasteiger partial charge on any atom is 0.173 e. The molecule has 0 saturated carbocycles. The van der Waals surface area contributed by atoms with Crippen LogP contribution in [0.15, 0.2) is 0 Å². The van der Waals surface area contributed by atoms with Crippen molar-refractivity contribution in [3.05, 3.63) is 16.0 Å². The average Bonchev–Trinajstić information content (AvgIpc) is 2.77. The molecule has 1 saturated heterocycles. The smallest absolute Gasteiger partial charge is 0.173 e. The molecule has 0 bridgehead atoms. The second-order valence-corrected chi connectivity index (χ2v) is 8.47. The molecule has 0 atom stereocenters. The zero-order valence-corrected chi connectivity index (χ0v) is 14.9. The Labute approximate surface area is 137 Å². The molecule has 1 fully saturated rings. The van der Waals surface area contributed by atoms with Crippen molar-refractivity contribution in [1.29, 1.82) is 0 Å². The van der Waals surface area contributed by atoms with E-state index in [0.717, 1.165) is 44.1 Å². The summed E-state index contributed by atoms with van der Waals surface area (Å²) in [7, 11) is 4.20. The number of ether oxygens (including phenoxy) is 1. The first kappa shape index (κ1) is 16.0. The fourth-order valence-corrected chi connectivity index (χ4v) is 4.78. The van der Waals surface area contributed by atoms with Crippen molar-refractivity contribution in [2.75, 3.05) is 45.3 Å². The van der Waals surface area contributed by atoms with E-state index in [1.807, 2.05) is 0 Å². The van der Waals surface area contributed by atoms with Crippen molar-refractivity contribution in [2.45, 2.75) is 33.2 Å². The summed E-state index contributed by atoms with van der Waals surface area (Å²) in [5, 5.41) is 1.30. The van der Waals surface area contributed by atoms with E-state index in [4.69, 9.17) is 4.74 Å². The van der Waals surface area contributed by atoms with Gasteiger partial charge in [-0.2, -0.15) is 0 Å². The quantitative estimate of drug-likeness (QED) is 0.857. The number of fused-ring (bicyclic) bond motifs is 1. The Balaban J connectivity index is 2.04. The van der Waals surface area contributed by atoms with E-state index in [0.29, 0.717) is 12.2 Å². The number of carbonyl (C=O) groups is 1. The molecule has 5 heteroatoms. The summed E-state index contributed by atoms with van der Waals surface area (Å²) in [6, 6.07) is 0. The molecule has 0 unspecified atom stereocenters. The van der Waals surface area contributed by atoms with Crippen LogP contribution in [0.5, 0.6) is 0 Å². The Kier molecular flexibility index (Phi) is 4.32. The van der Waals surface area contributed by atoms with Crippen molar-refractivity contribution in [1.82, 2.24) is 4.90 Å². The van der Waals surface area contributed by atoms with E-state index < -0.39 is 0 Å². The standard InChI is InChI=1S/C17H26N2O2S/c1-17(2)9-12-13(11-18(3)4)16(19-5-7-21-8-6-19)22-15(12)14(20)10-17/h5-11H2,1-4H3. The second kappa shape index (κ2) is 5.95. The molecule has 1 aromatic rings. The monoisotopic (exact) mass is 322 g/mol. The molecule has 2 aliphatic rings. The minimum atomic E-state index is 0.0779. The maximum absolute atomic E-state index is 12.6. The van der Waals surface area contributed by atoms with E-state index in [9.17, 15) is 4.79 Å².